The Labute approximate surface area is 146 Å². The first-order chi connectivity index (χ1) is 12.2. The van der Waals surface area contributed by atoms with Crippen LogP contribution in [0.15, 0.2) is 48.5 Å². The van der Waals surface area contributed by atoms with Crippen molar-refractivity contribution >= 4 is 11.4 Å². The van der Waals surface area contributed by atoms with Gasteiger partial charge in [0.1, 0.15) is 6.10 Å². The average molecular weight is 336 g/mol. The summed E-state index contributed by atoms with van der Waals surface area (Å²) in [5.41, 5.74) is 5.83. The molecule has 1 aromatic heterocycles. The molecule has 0 saturated heterocycles. The van der Waals surface area contributed by atoms with E-state index in [0.29, 0.717) is 5.56 Å². The Bertz CT molecular complexity index is 906. The Morgan fingerprint density at radius 1 is 1.12 bits per heavy atom. The van der Waals surface area contributed by atoms with Crippen LogP contribution in [0.1, 0.15) is 17.4 Å². The summed E-state index contributed by atoms with van der Waals surface area (Å²) in [6.07, 6.45) is -0.871. The van der Waals surface area contributed by atoms with Crippen molar-refractivity contribution in [2.75, 3.05) is 18.1 Å². The highest BCUT2D eigenvalue weighted by Gasteiger charge is 2.23. The van der Waals surface area contributed by atoms with Gasteiger partial charge in [-0.05, 0) is 30.7 Å². The first-order valence-corrected chi connectivity index (χ1v) is 8.35. The number of anilines is 2. The molecule has 1 atom stereocenters. The van der Waals surface area contributed by atoms with Gasteiger partial charge in [0.15, 0.2) is 0 Å². The summed E-state index contributed by atoms with van der Waals surface area (Å²) in [7, 11) is 0. The molecule has 2 heterocycles. The van der Waals surface area contributed by atoms with Crippen LogP contribution >= 0.6 is 0 Å². The third-order valence-corrected chi connectivity index (χ3v) is 4.63. The number of rotatable bonds is 3. The van der Waals surface area contributed by atoms with Gasteiger partial charge in [-0.15, -0.1) is 5.10 Å². The number of fused-ring (bicyclic) bond motifs is 3. The van der Waals surface area contributed by atoms with E-state index in [-0.39, 0.29) is 6.61 Å². The molecule has 6 nitrogen and oxygen atoms in total. The first-order valence-electron chi connectivity index (χ1n) is 8.35. The van der Waals surface area contributed by atoms with Crippen LogP contribution < -0.4 is 4.90 Å². The summed E-state index contributed by atoms with van der Waals surface area (Å²) >= 11 is 0. The van der Waals surface area contributed by atoms with E-state index < -0.39 is 6.10 Å². The smallest absolute Gasteiger partial charge is 0.102 e. The molecule has 1 aliphatic rings. The fourth-order valence-electron chi connectivity index (χ4n) is 3.39. The second-order valence-corrected chi connectivity index (χ2v) is 6.21. The molecule has 1 aliphatic heterocycles. The molecule has 0 spiro atoms. The number of para-hydroxylation sites is 1. The molecule has 0 fully saturated rings. The summed E-state index contributed by atoms with van der Waals surface area (Å²) in [6.45, 7) is 3.15. The molecule has 128 valence electrons. The number of aryl methyl sites for hydroxylation is 1. The number of hydrogen-bond donors (Lipinski definition) is 2. The van der Waals surface area contributed by atoms with Gasteiger partial charge in [-0.1, -0.05) is 35.5 Å². The van der Waals surface area contributed by atoms with E-state index in [4.69, 9.17) is 0 Å². The molecule has 2 aromatic carbocycles. The molecule has 6 heteroatoms. The normalized spacial score (nSPS) is 14.6. The molecule has 25 heavy (non-hydrogen) atoms. The van der Waals surface area contributed by atoms with Gasteiger partial charge in [-0.2, -0.15) is 0 Å². The Morgan fingerprint density at radius 2 is 1.96 bits per heavy atom. The molecule has 1 unspecified atom stereocenters. The lowest BCUT2D eigenvalue weighted by Crippen LogP contribution is -2.21. The van der Waals surface area contributed by atoms with Crippen molar-refractivity contribution in [1.29, 1.82) is 0 Å². The minimum absolute atomic E-state index is 0.291. The number of hydrogen-bond acceptors (Lipinski definition) is 5. The van der Waals surface area contributed by atoms with Crippen molar-refractivity contribution in [3.05, 3.63) is 59.8 Å². The standard InChI is InChI=1S/C19H20N4O2/c1-13-19-16-7-2-3-8-17(16)22(9-10-23(19)21-20-13)15-6-4-5-14(11-15)18(25)12-24/h2-8,11,18,24-25H,9-10,12H2,1H3. The van der Waals surface area contributed by atoms with Crippen molar-refractivity contribution in [2.24, 2.45) is 0 Å². The molecule has 3 aromatic rings. The van der Waals surface area contributed by atoms with Crippen molar-refractivity contribution in [2.45, 2.75) is 19.6 Å². The zero-order valence-corrected chi connectivity index (χ0v) is 14.0. The van der Waals surface area contributed by atoms with Crippen LogP contribution in [-0.4, -0.2) is 38.4 Å². The van der Waals surface area contributed by atoms with Gasteiger partial charge in [-0.3, -0.25) is 0 Å². The third-order valence-electron chi connectivity index (χ3n) is 4.63. The summed E-state index contributed by atoms with van der Waals surface area (Å²) in [5.74, 6) is 0. The first kappa shape index (κ1) is 15.8. The zero-order valence-electron chi connectivity index (χ0n) is 14.0. The molecular weight excluding hydrogens is 316 g/mol. The maximum Gasteiger partial charge on any atom is 0.102 e. The molecular formula is C19H20N4O2. The minimum Gasteiger partial charge on any atom is -0.393 e. The van der Waals surface area contributed by atoms with Crippen LogP contribution in [0.2, 0.25) is 0 Å². The predicted molar refractivity (Wildman–Crippen MR) is 95.7 cm³/mol. The quantitative estimate of drug-likeness (QED) is 0.768. The lowest BCUT2D eigenvalue weighted by atomic mass is 10.1. The highest BCUT2D eigenvalue weighted by molar-refractivity contribution is 5.82. The van der Waals surface area contributed by atoms with Gasteiger partial charge in [0.2, 0.25) is 0 Å². The van der Waals surface area contributed by atoms with Gasteiger partial charge in [0.25, 0.3) is 0 Å². The topological polar surface area (TPSA) is 74.4 Å². The summed E-state index contributed by atoms with van der Waals surface area (Å²) in [6, 6.07) is 15.9. The Hall–Kier alpha value is -2.70. The summed E-state index contributed by atoms with van der Waals surface area (Å²) < 4.78 is 1.95. The Balaban J connectivity index is 1.83. The maximum atomic E-state index is 9.96. The average Bonchev–Trinajstić information content (AvgIpc) is 2.93. The molecule has 0 saturated carbocycles. The summed E-state index contributed by atoms with van der Waals surface area (Å²) in [5, 5.41) is 27.7. The molecule has 0 amide bonds. The summed E-state index contributed by atoms with van der Waals surface area (Å²) in [4.78, 5) is 2.22. The lowest BCUT2D eigenvalue weighted by molar-refractivity contribution is 0.0956. The fraction of sp³-hybridized carbons (Fsp3) is 0.263. The highest BCUT2D eigenvalue weighted by Crippen LogP contribution is 2.38. The van der Waals surface area contributed by atoms with E-state index in [0.717, 1.165) is 41.4 Å². The van der Waals surface area contributed by atoms with Gasteiger partial charge < -0.3 is 15.1 Å². The van der Waals surface area contributed by atoms with Crippen LogP contribution in [0.4, 0.5) is 11.4 Å². The monoisotopic (exact) mass is 336 g/mol. The lowest BCUT2D eigenvalue weighted by Gasteiger charge is -2.25. The van der Waals surface area contributed by atoms with Crippen molar-refractivity contribution in [3.8, 4) is 11.3 Å². The number of aliphatic hydroxyl groups excluding tert-OH is 2. The van der Waals surface area contributed by atoms with Crippen molar-refractivity contribution in [1.82, 2.24) is 15.0 Å². The van der Waals surface area contributed by atoms with Crippen LogP contribution in [0.3, 0.4) is 0 Å². The molecule has 0 bridgehead atoms. The van der Waals surface area contributed by atoms with Crippen LogP contribution in [0, 0.1) is 6.92 Å². The van der Waals surface area contributed by atoms with E-state index in [1.54, 1.807) is 0 Å². The number of aromatic nitrogens is 3. The van der Waals surface area contributed by atoms with Crippen molar-refractivity contribution in [3.63, 3.8) is 0 Å². The Morgan fingerprint density at radius 3 is 2.80 bits per heavy atom. The maximum absolute atomic E-state index is 9.96. The van der Waals surface area contributed by atoms with E-state index in [1.807, 2.05) is 48.0 Å². The predicted octanol–water partition coefficient (Wildman–Crippen LogP) is 2.43. The minimum atomic E-state index is -0.871. The largest absolute Gasteiger partial charge is 0.393 e. The third kappa shape index (κ3) is 2.69. The molecule has 0 aliphatic carbocycles. The van der Waals surface area contributed by atoms with Crippen LogP contribution in [-0.2, 0) is 6.54 Å². The second-order valence-electron chi connectivity index (χ2n) is 6.21. The van der Waals surface area contributed by atoms with E-state index in [1.165, 1.54) is 0 Å². The zero-order chi connectivity index (χ0) is 17.4. The SMILES string of the molecule is Cc1nnn2c1-c1ccccc1N(c1cccc(C(O)CO)c1)CC2. The second kappa shape index (κ2) is 6.31. The van der Waals surface area contributed by atoms with Gasteiger partial charge in [0, 0.05) is 17.8 Å². The van der Waals surface area contributed by atoms with Crippen molar-refractivity contribution < 1.29 is 10.2 Å². The van der Waals surface area contributed by atoms with E-state index in [2.05, 4.69) is 27.3 Å². The number of nitrogens with zero attached hydrogens (tertiary/aromatic N) is 4. The van der Waals surface area contributed by atoms with Crippen LogP contribution in [0.5, 0.6) is 0 Å². The van der Waals surface area contributed by atoms with Gasteiger partial charge in [0.05, 0.1) is 30.2 Å². The van der Waals surface area contributed by atoms with Gasteiger partial charge in [-0.25, -0.2) is 4.68 Å². The Kier molecular flexibility index (Phi) is 3.99. The molecule has 2 N–H and O–H groups in total. The van der Waals surface area contributed by atoms with E-state index in [9.17, 15) is 10.2 Å². The number of aliphatic hydroxyl groups is 2. The van der Waals surface area contributed by atoms with Crippen LogP contribution in [0.25, 0.3) is 11.3 Å². The number of benzene rings is 2. The molecule has 4 rings (SSSR count). The highest BCUT2D eigenvalue weighted by atomic mass is 16.3. The van der Waals surface area contributed by atoms with E-state index >= 15 is 0 Å². The fourth-order valence-corrected chi connectivity index (χ4v) is 3.39. The molecule has 0 radical (unpaired) electrons. The van der Waals surface area contributed by atoms with Gasteiger partial charge >= 0.3 is 0 Å².